The minimum atomic E-state index is -0.431. The molecule has 0 bridgehead atoms. The van der Waals surface area contributed by atoms with Crippen LogP contribution in [0.3, 0.4) is 0 Å². The lowest BCUT2D eigenvalue weighted by Gasteiger charge is -2.24. The van der Waals surface area contributed by atoms with Crippen molar-refractivity contribution in [1.29, 1.82) is 5.26 Å². The number of rotatable bonds is 6. The number of benzene rings is 2. The van der Waals surface area contributed by atoms with Crippen molar-refractivity contribution in [3.8, 4) is 34.7 Å². The molecular weight excluding hydrogens is 380 g/mol. The number of aromatic amines is 1. The van der Waals surface area contributed by atoms with Crippen molar-refractivity contribution in [3.63, 3.8) is 0 Å². The third-order valence-electron chi connectivity index (χ3n) is 4.90. The molecule has 1 aliphatic rings. The van der Waals surface area contributed by atoms with Gasteiger partial charge in [0.2, 0.25) is 11.8 Å². The molecule has 1 aliphatic heterocycles. The van der Waals surface area contributed by atoms with Crippen LogP contribution in [0.25, 0.3) is 11.3 Å². The summed E-state index contributed by atoms with van der Waals surface area (Å²) in [5.41, 5.74) is 9.70. The highest BCUT2D eigenvalue weighted by atomic mass is 16.5. The number of nitrogens with zero attached hydrogens (tertiary/aromatic N) is 2. The Labute approximate surface area is 174 Å². The number of hydrogen-bond acceptors (Lipinski definition) is 6. The zero-order valence-corrected chi connectivity index (χ0v) is 16.8. The SMILES string of the molecule is CCOc1ccc(-c2[nH]nc3c2C(c2cccc(OCC)c2)C(C#N)=C(N)O3)cc1. The highest BCUT2D eigenvalue weighted by molar-refractivity contribution is 5.71. The van der Waals surface area contributed by atoms with E-state index in [9.17, 15) is 5.26 Å². The van der Waals surface area contributed by atoms with Crippen LogP contribution in [0.1, 0.15) is 30.9 Å². The molecule has 1 aromatic heterocycles. The number of allylic oxidation sites excluding steroid dienone is 1. The number of nitrogens with two attached hydrogens (primary N) is 1. The third kappa shape index (κ3) is 3.44. The first-order valence-corrected chi connectivity index (χ1v) is 9.78. The smallest absolute Gasteiger partial charge is 0.244 e. The lowest BCUT2D eigenvalue weighted by Crippen LogP contribution is -2.21. The quantitative estimate of drug-likeness (QED) is 0.643. The zero-order chi connectivity index (χ0) is 21.1. The molecule has 0 saturated heterocycles. The average Bonchev–Trinajstić information content (AvgIpc) is 3.17. The van der Waals surface area contributed by atoms with Gasteiger partial charge in [-0.25, -0.2) is 0 Å². The minimum Gasteiger partial charge on any atom is -0.494 e. The van der Waals surface area contributed by atoms with Crippen LogP contribution in [-0.2, 0) is 0 Å². The second kappa shape index (κ2) is 8.21. The molecule has 30 heavy (non-hydrogen) atoms. The van der Waals surface area contributed by atoms with Gasteiger partial charge in [-0.3, -0.25) is 5.10 Å². The van der Waals surface area contributed by atoms with Gasteiger partial charge in [-0.15, -0.1) is 5.10 Å². The fraction of sp³-hybridized carbons (Fsp3) is 0.217. The molecule has 0 radical (unpaired) electrons. The Balaban J connectivity index is 1.84. The molecule has 3 N–H and O–H groups in total. The van der Waals surface area contributed by atoms with Crippen LogP contribution in [-0.4, -0.2) is 23.4 Å². The Morgan fingerprint density at radius 1 is 1.10 bits per heavy atom. The third-order valence-corrected chi connectivity index (χ3v) is 4.90. The first-order chi connectivity index (χ1) is 14.7. The number of ether oxygens (including phenoxy) is 3. The molecule has 0 amide bonds. The van der Waals surface area contributed by atoms with Crippen LogP contribution in [0.2, 0.25) is 0 Å². The number of nitriles is 1. The predicted octanol–water partition coefficient (Wildman–Crippen LogP) is 4.09. The van der Waals surface area contributed by atoms with E-state index < -0.39 is 5.92 Å². The number of nitrogens with one attached hydrogen (secondary N) is 1. The number of fused-ring (bicyclic) bond motifs is 1. The maximum Gasteiger partial charge on any atom is 0.244 e. The molecular formula is C23H22N4O3. The van der Waals surface area contributed by atoms with Gasteiger partial charge >= 0.3 is 0 Å². The summed E-state index contributed by atoms with van der Waals surface area (Å²) < 4.78 is 16.9. The molecule has 0 aliphatic carbocycles. The summed E-state index contributed by atoms with van der Waals surface area (Å²) in [5.74, 6) is 1.50. The Hall–Kier alpha value is -3.92. The zero-order valence-electron chi connectivity index (χ0n) is 16.8. The van der Waals surface area contributed by atoms with Gasteiger partial charge in [0.05, 0.1) is 30.4 Å². The second-order valence-electron chi connectivity index (χ2n) is 6.71. The standard InChI is InChI=1S/C23H22N4O3/c1-3-28-16-10-8-14(9-11-16)21-20-19(15-6-5-7-17(12-15)29-4-2)18(13-24)22(25)30-23(20)27-26-21/h5-12,19H,3-4,25H2,1-2H3,(H,26,27). The highest BCUT2D eigenvalue weighted by Gasteiger charge is 2.35. The minimum absolute atomic E-state index is 0.0570. The summed E-state index contributed by atoms with van der Waals surface area (Å²) in [4.78, 5) is 0. The topological polar surface area (TPSA) is 106 Å². The maximum absolute atomic E-state index is 9.84. The van der Waals surface area contributed by atoms with E-state index in [1.807, 2.05) is 62.4 Å². The summed E-state index contributed by atoms with van der Waals surface area (Å²) in [6, 6.07) is 17.6. The van der Waals surface area contributed by atoms with E-state index in [1.54, 1.807) is 0 Å². The Kier molecular flexibility index (Phi) is 5.31. The lowest BCUT2D eigenvalue weighted by molar-refractivity contribution is 0.339. The molecule has 0 fully saturated rings. The summed E-state index contributed by atoms with van der Waals surface area (Å²) in [5, 5.41) is 17.2. The van der Waals surface area contributed by atoms with E-state index in [-0.39, 0.29) is 5.88 Å². The summed E-state index contributed by atoms with van der Waals surface area (Å²) in [6.45, 7) is 5.02. The van der Waals surface area contributed by atoms with Gasteiger partial charge in [0.1, 0.15) is 23.1 Å². The largest absolute Gasteiger partial charge is 0.494 e. The molecule has 7 nitrogen and oxygen atoms in total. The number of aromatic nitrogens is 2. The van der Waals surface area contributed by atoms with Gasteiger partial charge in [-0.1, -0.05) is 12.1 Å². The Morgan fingerprint density at radius 3 is 2.53 bits per heavy atom. The van der Waals surface area contributed by atoms with Crippen molar-refractivity contribution in [2.45, 2.75) is 19.8 Å². The van der Waals surface area contributed by atoms with E-state index in [2.05, 4.69) is 16.3 Å². The van der Waals surface area contributed by atoms with Crippen LogP contribution in [0.4, 0.5) is 0 Å². The van der Waals surface area contributed by atoms with E-state index in [4.69, 9.17) is 19.9 Å². The van der Waals surface area contributed by atoms with Gasteiger partial charge < -0.3 is 19.9 Å². The van der Waals surface area contributed by atoms with Gasteiger partial charge in [0.25, 0.3) is 0 Å². The second-order valence-corrected chi connectivity index (χ2v) is 6.71. The molecule has 1 atom stereocenters. The Bertz CT molecular complexity index is 1130. The fourth-order valence-corrected chi connectivity index (χ4v) is 3.63. The molecule has 1 unspecified atom stereocenters. The van der Waals surface area contributed by atoms with Crippen molar-refractivity contribution in [2.24, 2.45) is 5.73 Å². The van der Waals surface area contributed by atoms with Crippen molar-refractivity contribution >= 4 is 0 Å². The normalized spacial score (nSPS) is 15.2. The molecule has 2 aromatic carbocycles. The van der Waals surface area contributed by atoms with E-state index in [0.717, 1.165) is 33.9 Å². The molecule has 3 aromatic rings. The van der Waals surface area contributed by atoms with Crippen LogP contribution < -0.4 is 19.9 Å². The summed E-state index contributed by atoms with van der Waals surface area (Å²) in [6.07, 6.45) is 0. The monoisotopic (exact) mass is 402 g/mol. The first-order valence-electron chi connectivity index (χ1n) is 9.78. The average molecular weight is 402 g/mol. The van der Waals surface area contributed by atoms with E-state index >= 15 is 0 Å². The lowest BCUT2D eigenvalue weighted by atomic mass is 9.83. The first kappa shape index (κ1) is 19.4. The number of hydrogen-bond donors (Lipinski definition) is 2. The van der Waals surface area contributed by atoms with Gasteiger partial charge in [-0.2, -0.15) is 5.26 Å². The van der Waals surface area contributed by atoms with Crippen LogP contribution >= 0.6 is 0 Å². The molecule has 4 rings (SSSR count). The van der Waals surface area contributed by atoms with Crippen molar-refractivity contribution < 1.29 is 14.2 Å². The van der Waals surface area contributed by atoms with Gasteiger partial charge in [0, 0.05) is 5.56 Å². The predicted molar refractivity (Wildman–Crippen MR) is 112 cm³/mol. The maximum atomic E-state index is 9.84. The molecule has 0 spiro atoms. The van der Waals surface area contributed by atoms with E-state index in [0.29, 0.717) is 24.7 Å². The van der Waals surface area contributed by atoms with Crippen LogP contribution in [0.15, 0.2) is 60.0 Å². The Morgan fingerprint density at radius 2 is 1.83 bits per heavy atom. The number of H-pyrrole nitrogens is 1. The molecule has 0 saturated carbocycles. The summed E-state index contributed by atoms with van der Waals surface area (Å²) >= 11 is 0. The van der Waals surface area contributed by atoms with Crippen LogP contribution in [0, 0.1) is 11.3 Å². The summed E-state index contributed by atoms with van der Waals surface area (Å²) in [7, 11) is 0. The van der Waals surface area contributed by atoms with Crippen molar-refractivity contribution in [1.82, 2.24) is 10.2 Å². The molecule has 7 heteroatoms. The van der Waals surface area contributed by atoms with Crippen molar-refractivity contribution in [2.75, 3.05) is 13.2 Å². The van der Waals surface area contributed by atoms with Gasteiger partial charge in [-0.05, 0) is 55.8 Å². The highest BCUT2D eigenvalue weighted by Crippen LogP contribution is 2.46. The molecule has 2 heterocycles. The van der Waals surface area contributed by atoms with Crippen LogP contribution in [0.5, 0.6) is 17.4 Å². The van der Waals surface area contributed by atoms with E-state index in [1.165, 1.54) is 0 Å². The van der Waals surface area contributed by atoms with Crippen molar-refractivity contribution in [3.05, 3.63) is 71.1 Å². The van der Waals surface area contributed by atoms with Gasteiger partial charge in [0.15, 0.2) is 0 Å². The fourth-order valence-electron chi connectivity index (χ4n) is 3.63. The molecule has 152 valence electrons.